The van der Waals surface area contributed by atoms with E-state index in [0.717, 1.165) is 22.0 Å². The SMILES string of the molecule is COc1cccc(C(CNC(=O)c2cccc(Cl)c2Cl)c2c[nH]c3ccccc23)c1OC. The van der Waals surface area contributed by atoms with Gasteiger partial charge in [0.1, 0.15) is 0 Å². The van der Waals surface area contributed by atoms with Gasteiger partial charge in [0.2, 0.25) is 0 Å². The Labute approximate surface area is 196 Å². The standard InChI is InChI=1S/C25H22Cl2N2O3/c1-31-22-12-6-8-16(24(22)32-2)19(18-13-28-21-11-4-3-7-15(18)21)14-29-25(30)17-9-5-10-20(26)23(17)27/h3-13,19,28H,14H2,1-2H3,(H,29,30). The maximum absolute atomic E-state index is 12.9. The summed E-state index contributed by atoms with van der Waals surface area (Å²) in [6.07, 6.45) is 1.97. The van der Waals surface area contributed by atoms with E-state index in [9.17, 15) is 4.79 Å². The van der Waals surface area contributed by atoms with Crippen molar-refractivity contribution in [2.75, 3.05) is 20.8 Å². The first kappa shape index (κ1) is 22.1. The molecular formula is C25H22Cl2N2O3. The first-order valence-electron chi connectivity index (χ1n) is 10.0. The van der Waals surface area contributed by atoms with E-state index >= 15 is 0 Å². The lowest BCUT2D eigenvalue weighted by Crippen LogP contribution is -2.29. The summed E-state index contributed by atoms with van der Waals surface area (Å²) in [6.45, 7) is 0.313. The van der Waals surface area contributed by atoms with E-state index in [1.54, 1.807) is 32.4 Å². The van der Waals surface area contributed by atoms with Crippen LogP contribution in [0.4, 0.5) is 0 Å². The molecule has 0 radical (unpaired) electrons. The fourth-order valence-electron chi connectivity index (χ4n) is 3.93. The van der Waals surface area contributed by atoms with Gasteiger partial charge in [-0.1, -0.05) is 59.6 Å². The monoisotopic (exact) mass is 468 g/mol. The molecule has 0 aliphatic carbocycles. The number of aromatic nitrogens is 1. The van der Waals surface area contributed by atoms with Gasteiger partial charge in [-0.2, -0.15) is 0 Å². The van der Waals surface area contributed by atoms with Gasteiger partial charge in [0.15, 0.2) is 11.5 Å². The number of nitrogens with one attached hydrogen (secondary N) is 2. The van der Waals surface area contributed by atoms with Gasteiger partial charge in [0.25, 0.3) is 5.91 Å². The van der Waals surface area contributed by atoms with Crippen LogP contribution < -0.4 is 14.8 Å². The van der Waals surface area contributed by atoms with Crippen LogP contribution in [0.15, 0.2) is 66.9 Å². The number of halogens is 2. The van der Waals surface area contributed by atoms with E-state index in [2.05, 4.69) is 16.4 Å². The van der Waals surface area contributed by atoms with Crippen LogP contribution in [0, 0.1) is 0 Å². The van der Waals surface area contributed by atoms with Crippen molar-refractivity contribution in [3.63, 3.8) is 0 Å². The number of benzene rings is 3. The number of para-hydroxylation sites is 2. The molecule has 1 unspecified atom stereocenters. The summed E-state index contributed by atoms with van der Waals surface area (Å²) in [6, 6.07) is 18.8. The van der Waals surface area contributed by atoms with Gasteiger partial charge < -0.3 is 19.8 Å². The lowest BCUT2D eigenvalue weighted by molar-refractivity contribution is 0.0952. The van der Waals surface area contributed by atoms with Crippen molar-refractivity contribution >= 4 is 40.0 Å². The third-order valence-electron chi connectivity index (χ3n) is 5.47. The van der Waals surface area contributed by atoms with E-state index < -0.39 is 0 Å². The summed E-state index contributed by atoms with van der Waals surface area (Å²) in [4.78, 5) is 16.3. The minimum Gasteiger partial charge on any atom is -0.493 e. The maximum Gasteiger partial charge on any atom is 0.252 e. The number of H-pyrrole nitrogens is 1. The van der Waals surface area contributed by atoms with Crippen molar-refractivity contribution in [3.05, 3.63) is 93.6 Å². The van der Waals surface area contributed by atoms with E-state index in [4.69, 9.17) is 32.7 Å². The van der Waals surface area contributed by atoms with Crippen LogP contribution in [0.25, 0.3) is 10.9 Å². The zero-order valence-electron chi connectivity index (χ0n) is 17.6. The second kappa shape index (κ2) is 9.55. The molecule has 1 heterocycles. The van der Waals surface area contributed by atoms with Crippen LogP contribution in [0.2, 0.25) is 10.0 Å². The number of ether oxygens (including phenoxy) is 2. The van der Waals surface area contributed by atoms with Gasteiger partial charge in [0, 0.05) is 35.1 Å². The fourth-order valence-corrected chi connectivity index (χ4v) is 4.31. The molecule has 1 amide bonds. The molecule has 0 saturated heterocycles. The second-order valence-corrected chi connectivity index (χ2v) is 8.02. The highest BCUT2D eigenvalue weighted by Crippen LogP contribution is 2.40. The van der Waals surface area contributed by atoms with E-state index in [1.165, 1.54) is 0 Å². The third-order valence-corrected chi connectivity index (χ3v) is 6.29. The highest BCUT2D eigenvalue weighted by Gasteiger charge is 2.25. The van der Waals surface area contributed by atoms with Gasteiger partial charge in [-0.25, -0.2) is 0 Å². The molecule has 1 aromatic heterocycles. The zero-order chi connectivity index (χ0) is 22.7. The Hall–Kier alpha value is -3.15. The largest absolute Gasteiger partial charge is 0.493 e. The molecule has 0 aliphatic heterocycles. The molecular weight excluding hydrogens is 447 g/mol. The van der Waals surface area contributed by atoms with Crippen molar-refractivity contribution in [1.82, 2.24) is 10.3 Å². The predicted molar refractivity (Wildman–Crippen MR) is 128 cm³/mol. The molecule has 3 aromatic carbocycles. The van der Waals surface area contributed by atoms with Crippen molar-refractivity contribution in [2.45, 2.75) is 5.92 Å². The lowest BCUT2D eigenvalue weighted by atomic mass is 9.89. The fraction of sp³-hybridized carbons (Fsp3) is 0.160. The highest BCUT2D eigenvalue weighted by atomic mass is 35.5. The lowest BCUT2D eigenvalue weighted by Gasteiger charge is -2.22. The molecule has 164 valence electrons. The number of carbonyl (C=O) groups is 1. The van der Waals surface area contributed by atoms with Crippen LogP contribution in [-0.2, 0) is 0 Å². The van der Waals surface area contributed by atoms with Crippen LogP contribution in [0.1, 0.15) is 27.4 Å². The Kier molecular flexibility index (Phi) is 6.58. The Morgan fingerprint density at radius 1 is 0.969 bits per heavy atom. The van der Waals surface area contributed by atoms with E-state index in [-0.39, 0.29) is 16.8 Å². The topological polar surface area (TPSA) is 63.3 Å². The smallest absolute Gasteiger partial charge is 0.252 e. The van der Waals surface area contributed by atoms with Crippen molar-refractivity contribution in [1.29, 1.82) is 0 Å². The summed E-state index contributed by atoms with van der Waals surface area (Å²) in [5, 5.41) is 4.65. The number of rotatable bonds is 7. The molecule has 0 aliphatic rings. The van der Waals surface area contributed by atoms with Gasteiger partial charge in [-0.05, 0) is 29.8 Å². The van der Waals surface area contributed by atoms with Crippen molar-refractivity contribution in [2.24, 2.45) is 0 Å². The number of carbonyl (C=O) groups excluding carboxylic acids is 1. The molecule has 2 N–H and O–H groups in total. The van der Waals surface area contributed by atoms with Crippen LogP contribution >= 0.6 is 23.2 Å². The third kappa shape index (κ3) is 4.14. The summed E-state index contributed by atoms with van der Waals surface area (Å²) in [7, 11) is 3.21. The minimum atomic E-state index is -0.302. The average Bonchev–Trinajstić information content (AvgIpc) is 3.24. The first-order valence-corrected chi connectivity index (χ1v) is 10.8. The van der Waals surface area contributed by atoms with Gasteiger partial charge in [-0.15, -0.1) is 0 Å². The zero-order valence-corrected chi connectivity index (χ0v) is 19.1. The molecule has 5 nitrogen and oxygen atoms in total. The Balaban J connectivity index is 1.75. The van der Waals surface area contributed by atoms with Crippen LogP contribution in [-0.4, -0.2) is 31.7 Å². The predicted octanol–water partition coefficient (Wildman–Crippen LogP) is 6.05. The Morgan fingerprint density at radius 2 is 1.75 bits per heavy atom. The second-order valence-electron chi connectivity index (χ2n) is 7.24. The van der Waals surface area contributed by atoms with Gasteiger partial charge in [-0.3, -0.25) is 4.79 Å². The number of methoxy groups -OCH3 is 2. The van der Waals surface area contributed by atoms with Gasteiger partial charge >= 0.3 is 0 Å². The van der Waals surface area contributed by atoms with Crippen molar-refractivity contribution < 1.29 is 14.3 Å². The molecule has 0 saturated carbocycles. The molecule has 7 heteroatoms. The number of hydrogen-bond acceptors (Lipinski definition) is 3. The first-order chi connectivity index (χ1) is 15.5. The number of hydrogen-bond donors (Lipinski definition) is 2. The number of fused-ring (bicyclic) bond motifs is 1. The highest BCUT2D eigenvalue weighted by molar-refractivity contribution is 6.43. The molecule has 0 fully saturated rings. The summed E-state index contributed by atoms with van der Waals surface area (Å²) < 4.78 is 11.2. The quantitative estimate of drug-likeness (QED) is 0.346. The van der Waals surface area contributed by atoms with Crippen LogP contribution in [0.3, 0.4) is 0 Å². The van der Waals surface area contributed by atoms with Gasteiger partial charge in [0.05, 0.1) is 29.8 Å². The maximum atomic E-state index is 12.9. The normalized spacial score (nSPS) is 11.9. The van der Waals surface area contributed by atoms with E-state index in [0.29, 0.717) is 28.6 Å². The number of amides is 1. The summed E-state index contributed by atoms with van der Waals surface area (Å²) >= 11 is 12.3. The molecule has 1 atom stereocenters. The van der Waals surface area contributed by atoms with Crippen LogP contribution in [0.5, 0.6) is 11.5 Å². The molecule has 0 bridgehead atoms. The summed E-state index contributed by atoms with van der Waals surface area (Å²) in [5.74, 6) is 0.738. The Morgan fingerprint density at radius 3 is 2.53 bits per heavy atom. The van der Waals surface area contributed by atoms with Crippen molar-refractivity contribution in [3.8, 4) is 11.5 Å². The molecule has 4 rings (SSSR count). The average molecular weight is 469 g/mol. The number of aromatic amines is 1. The molecule has 0 spiro atoms. The minimum absolute atomic E-state index is 0.210. The molecule has 4 aromatic rings. The Bertz CT molecular complexity index is 1270. The summed E-state index contributed by atoms with van der Waals surface area (Å²) in [5.41, 5.74) is 3.27. The van der Waals surface area contributed by atoms with E-state index in [1.807, 2.05) is 42.6 Å². The molecule has 32 heavy (non-hydrogen) atoms.